The zero-order chi connectivity index (χ0) is 12.0. The van der Waals surface area contributed by atoms with Crippen LogP contribution in [0.15, 0.2) is 18.2 Å². The first kappa shape index (κ1) is 12.4. The molecule has 0 unspecified atom stereocenters. The molecule has 0 aliphatic heterocycles. The number of hydrogen-bond acceptors (Lipinski definition) is 3. The van der Waals surface area contributed by atoms with Gasteiger partial charge in [0.15, 0.2) is 0 Å². The van der Waals surface area contributed by atoms with Crippen molar-refractivity contribution in [3.05, 3.63) is 23.8 Å². The van der Waals surface area contributed by atoms with Crippen LogP contribution in [0.4, 0.5) is 5.69 Å². The van der Waals surface area contributed by atoms with Gasteiger partial charge in [-0.3, -0.25) is 4.79 Å². The van der Waals surface area contributed by atoms with E-state index in [2.05, 4.69) is 12.2 Å². The normalized spacial score (nSPS) is 9.88. The summed E-state index contributed by atoms with van der Waals surface area (Å²) in [5.41, 5.74) is 2.04. The first-order valence-electron chi connectivity index (χ1n) is 5.30. The second kappa shape index (κ2) is 6.00. The summed E-state index contributed by atoms with van der Waals surface area (Å²) in [6, 6.07) is 5.88. The Balaban J connectivity index is 2.71. The molecule has 0 aliphatic carbocycles. The number of anilines is 1. The second-order valence-electron chi connectivity index (χ2n) is 3.46. The van der Waals surface area contributed by atoms with E-state index in [1.54, 1.807) is 7.11 Å². The monoisotopic (exact) mass is 223 g/mol. The molecule has 0 saturated carbocycles. The van der Waals surface area contributed by atoms with Gasteiger partial charge in [-0.25, -0.2) is 0 Å². The van der Waals surface area contributed by atoms with Crippen LogP contribution in [0.1, 0.15) is 18.9 Å². The molecular formula is C12H17NO3. The predicted molar refractivity (Wildman–Crippen MR) is 63.1 cm³/mol. The summed E-state index contributed by atoms with van der Waals surface area (Å²) in [7, 11) is 1.60. The van der Waals surface area contributed by atoms with Crippen LogP contribution in [0.25, 0.3) is 0 Å². The highest BCUT2D eigenvalue weighted by Crippen LogP contribution is 2.25. The molecule has 1 aromatic carbocycles. The molecule has 1 aromatic rings. The lowest BCUT2D eigenvalue weighted by atomic mass is 10.1. The molecule has 0 fully saturated rings. The number of aryl methyl sites for hydroxylation is 1. The number of nitrogens with one attached hydrogen (secondary N) is 1. The van der Waals surface area contributed by atoms with Gasteiger partial charge in [0.05, 0.1) is 19.2 Å². The van der Waals surface area contributed by atoms with Gasteiger partial charge in [0.1, 0.15) is 5.75 Å². The van der Waals surface area contributed by atoms with E-state index < -0.39 is 5.97 Å². The van der Waals surface area contributed by atoms with Crippen molar-refractivity contribution >= 4 is 11.7 Å². The second-order valence-corrected chi connectivity index (χ2v) is 3.46. The van der Waals surface area contributed by atoms with E-state index in [1.807, 2.05) is 18.2 Å². The van der Waals surface area contributed by atoms with Crippen molar-refractivity contribution in [2.24, 2.45) is 0 Å². The van der Waals surface area contributed by atoms with Crippen molar-refractivity contribution in [3.63, 3.8) is 0 Å². The molecule has 0 radical (unpaired) electrons. The molecule has 0 aromatic heterocycles. The first-order valence-corrected chi connectivity index (χ1v) is 5.30. The van der Waals surface area contributed by atoms with Crippen molar-refractivity contribution in [2.45, 2.75) is 19.8 Å². The third-order valence-corrected chi connectivity index (χ3v) is 2.33. The van der Waals surface area contributed by atoms with Crippen LogP contribution >= 0.6 is 0 Å². The maximum atomic E-state index is 10.4. The molecule has 0 saturated heterocycles. The molecule has 1 rings (SSSR count). The quantitative estimate of drug-likeness (QED) is 0.775. The summed E-state index contributed by atoms with van der Waals surface area (Å²) in [6.45, 7) is 2.47. The van der Waals surface area contributed by atoms with Crippen LogP contribution in [0.5, 0.6) is 5.75 Å². The van der Waals surface area contributed by atoms with Crippen molar-refractivity contribution < 1.29 is 14.6 Å². The Labute approximate surface area is 95.2 Å². The first-order chi connectivity index (χ1) is 7.67. The molecule has 0 spiro atoms. The van der Waals surface area contributed by atoms with Gasteiger partial charge in [-0.1, -0.05) is 13.0 Å². The fourth-order valence-electron chi connectivity index (χ4n) is 1.42. The summed E-state index contributed by atoms with van der Waals surface area (Å²) in [5, 5.41) is 11.6. The topological polar surface area (TPSA) is 58.6 Å². The van der Waals surface area contributed by atoms with E-state index >= 15 is 0 Å². The summed E-state index contributed by atoms with van der Waals surface area (Å²) in [4.78, 5) is 10.4. The Morgan fingerprint density at radius 3 is 2.81 bits per heavy atom. The third kappa shape index (κ3) is 3.46. The van der Waals surface area contributed by atoms with Crippen LogP contribution in [-0.4, -0.2) is 24.7 Å². The van der Waals surface area contributed by atoms with E-state index in [0.29, 0.717) is 6.54 Å². The predicted octanol–water partition coefficient (Wildman–Crippen LogP) is 2.14. The fourth-order valence-corrected chi connectivity index (χ4v) is 1.42. The molecule has 0 bridgehead atoms. The van der Waals surface area contributed by atoms with Crippen LogP contribution in [0, 0.1) is 0 Å². The smallest absolute Gasteiger partial charge is 0.305 e. The summed E-state index contributed by atoms with van der Waals surface area (Å²) in [6.07, 6.45) is 1.04. The number of methoxy groups -OCH3 is 1. The van der Waals surface area contributed by atoms with Gasteiger partial charge < -0.3 is 15.2 Å². The highest BCUT2D eigenvalue weighted by molar-refractivity contribution is 5.68. The van der Waals surface area contributed by atoms with Crippen LogP contribution < -0.4 is 10.1 Å². The Kier molecular flexibility index (Phi) is 4.64. The zero-order valence-electron chi connectivity index (χ0n) is 9.62. The van der Waals surface area contributed by atoms with Gasteiger partial charge in [-0.05, 0) is 24.1 Å². The van der Waals surface area contributed by atoms with Gasteiger partial charge >= 0.3 is 5.97 Å². The lowest BCUT2D eigenvalue weighted by molar-refractivity contribution is -0.136. The minimum absolute atomic E-state index is 0.0967. The van der Waals surface area contributed by atoms with E-state index in [-0.39, 0.29) is 6.42 Å². The Hall–Kier alpha value is -1.71. The number of rotatable bonds is 6. The SMILES string of the molecule is CCc1ccc(OC)c(NCCC(=O)O)c1. The van der Waals surface area contributed by atoms with E-state index in [4.69, 9.17) is 9.84 Å². The molecular weight excluding hydrogens is 206 g/mol. The number of aliphatic carboxylic acids is 1. The van der Waals surface area contributed by atoms with Gasteiger partial charge in [-0.2, -0.15) is 0 Å². The molecule has 88 valence electrons. The van der Waals surface area contributed by atoms with E-state index in [9.17, 15) is 4.79 Å². The number of carboxylic acids is 1. The van der Waals surface area contributed by atoms with Gasteiger partial charge in [0.25, 0.3) is 0 Å². The third-order valence-electron chi connectivity index (χ3n) is 2.33. The fraction of sp³-hybridized carbons (Fsp3) is 0.417. The number of hydrogen-bond donors (Lipinski definition) is 2. The summed E-state index contributed by atoms with van der Waals surface area (Å²) >= 11 is 0. The molecule has 0 atom stereocenters. The van der Waals surface area contributed by atoms with E-state index in [1.165, 1.54) is 5.56 Å². The Morgan fingerprint density at radius 1 is 1.50 bits per heavy atom. The van der Waals surface area contributed by atoms with Gasteiger partial charge in [-0.15, -0.1) is 0 Å². The maximum Gasteiger partial charge on any atom is 0.305 e. The number of carbonyl (C=O) groups is 1. The van der Waals surface area contributed by atoms with Gasteiger partial charge in [0.2, 0.25) is 0 Å². The molecule has 0 amide bonds. The molecule has 4 nitrogen and oxygen atoms in total. The van der Waals surface area contributed by atoms with Crippen molar-refractivity contribution in [1.29, 1.82) is 0 Å². The van der Waals surface area contributed by atoms with Crippen LogP contribution in [-0.2, 0) is 11.2 Å². The number of benzene rings is 1. The highest BCUT2D eigenvalue weighted by Gasteiger charge is 2.04. The summed E-state index contributed by atoms with van der Waals surface area (Å²) < 4.78 is 5.19. The van der Waals surface area contributed by atoms with Crippen molar-refractivity contribution in [2.75, 3.05) is 19.0 Å². The molecule has 0 heterocycles. The van der Waals surface area contributed by atoms with Crippen molar-refractivity contribution in [3.8, 4) is 5.75 Å². The minimum Gasteiger partial charge on any atom is -0.495 e. The largest absolute Gasteiger partial charge is 0.495 e. The average Bonchev–Trinajstić information content (AvgIpc) is 2.28. The van der Waals surface area contributed by atoms with Gasteiger partial charge in [0, 0.05) is 6.54 Å². The standard InChI is InChI=1S/C12H17NO3/c1-3-9-4-5-11(16-2)10(8-9)13-7-6-12(14)15/h4-5,8,13H,3,6-7H2,1-2H3,(H,14,15). The highest BCUT2D eigenvalue weighted by atomic mass is 16.5. The van der Waals surface area contributed by atoms with E-state index in [0.717, 1.165) is 17.9 Å². The van der Waals surface area contributed by atoms with Crippen molar-refractivity contribution in [1.82, 2.24) is 0 Å². The lowest BCUT2D eigenvalue weighted by Gasteiger charge is -2.11. The summed E-state index contributed by atoms with van der Waals surface area (Å²) in [5.74, 6) is -0.0688. The average molecular weight is 223 g/mol. The minimum atomic E-state index is -0.807. The van der Waals surface area contributed by atoms with Crippen LogP contribution in [0.3, 0.4) is 0 Å². The maximum absolute atomic E-state index is 10.4. The molecule has 0 aliphatic rings. The molecule has 4 heteroatoms. The Bertz CT molecular complexity index is 363. The lowest BCUT2D eigenvalue weighted by Crippen LogP contribution is -2.08. The Morgan fingerprint density at radius 2 is 2.25 bits per heavy atom. The number of ether oxygens (including phenoxy) is 1. The molecule has 16 heavy (non-hydrogen) atoms. The number of carboxylic acid groups (broad SMARTS) is 1. The van der Waals surface area contributed by atoms with Crippen LogP contribution in [0.2, 0.25) is 0 Å². The molecule has 2 N–H and O–H groups in total. The zero-order valence-corrected chi connectivity index (χ0v) is 9.62.